The molecule has 16 heavy (non-hydrogen) atoms. The number of aliphatic carboxylic acids is 1. The Bertz CT molecular complexity index is 307. The molecular weight excluding hydrogens is 210 g/mol. The van der Waals surface area contributed by atoms with E-state index in [9.17, 15) is 9.59 Å². The van der Waals surface area contributed by atoms with Crippen LogP contribution in [0.4, 0.5) is 0 Å². The van der Waals surface area contributed by atoms with Crippen LogP contribution in [0.2, 0.25) is 0 Å². The van der Waals surface area contributed by atoms with Crippen LogP contribution in [0.25, 0.3) is 0 Å². The van der Waals surface area contributed by atoms with E-state index < -0.39 is 12.0 Å². The lowest BCUT2D eigenvalue weighted by molar-refractivity contribution is -0.140. The van der Waals surface area contributed by atoms with Gasteiger partial charge in [-0.25, -0.2) is 0 Å². The van der Waals surface area contributed by atoms with Gasteiger partial charge in [0, 0.05) is 6.54 Å². The fraction of sp³-hybridized carbons (Fsp3) is 0.700. The maximum absolute atomic E-state index is 11.2. The van der Waals surface area contributed by atoms with E-state index in [0.717, 1.165) is 12.8 Å². The van der Waals surface area contributed by atoms with Gasteiger partial charge >= 0.3 is 5.97 Å². The monoisotopic (exact) mass is 225 g/mol. The molecule has 1 saturated carbocycles. The molecule has 0 spiro atoms. The molecule has 0 saturated heterocycles. The summed E-state index contributed by atoms with van der Waals surface area (Å²) in [7, 11) is 0. The lowest BCUT2D eigenvalue weighted by atomic mass is 10.2. The molecule has 1 unspecified atom stereocenters. The van der Waals surface area contributed by atoms with Crippen LogP contribution in [0.1, 0.15) is 19.3 Å². The summed E-state index contributed by atoms with van der Waals surface area (Å²) in [6.07, 6.45) is 2.07. The minimum absolute atomic E-state index is 0.0150. The van der Waals surface area contributed by atoms with Crippen molar-refractivity contribution < 1.29 is 14.7 Å². The highest BCUT2D eigenvalue weighted by Gasteiger charge is 2.35. The fourth-order valence-electron chi connectivity index (χ4n) is 1.41. The summed E-state index contributed by atoms with van der Waals surface area (Å²) < 4.78 is 0. The van der Waals surface area contributed by atoms with Gasteiger partial charge in [0.1, 0.15) is 6.04 Å². The second kappa shape index (κ2) is 6.08. The summed E-state index contributed by atoms with van der Waals surface area (Å²) in [4.78, 5) is 22.0. The Hall–Kier alpha value is -1.61. The highest BCUT2D eigenvalue weighted by atomic mass is 16.4. The molecule has 88 valence electrons. The van der Waals surface area contributed by atoms with E-state index in [1.807, 2.05) is 6.07 Å². The van der Waals surface area contributed by atoms with E-state index >= 15 is 0 Å². The lowest BCUT2D eigenvalue weighted by Crippen LogP contribution is -2.44. The number of nitrogens with zero attached hydrogens (tertiary/aromatic N) is 1. The van der Waals surface area contributed by atoms with Crippen molar-refractivity contribution in [1.29, 1.82) is 5.26 Å². The second-order valence-corrected chi connectivity index (χ2v) is 3.79. The second-order valence-electron chi connectivity index (χ2n) is 3.79. The number of rotatable bonds is 7. The van der Waals surface area contributed by atoms with Crippen LogP contribution < -0.4 is 10.6 Å². The molecule has 1 fully saturated rings. The first kappa shape index (κ1) is 12.5. The third-order valence-corrected chi connectivity index (χ3v) is 2.40. The van der Waals surface area contributed by atoms with Gasteiger partial charge in [0.2, 0.25) is 5.91 Å². The molecule has 1 amide bonds. The van der Waals surface area contributed by atoms with Gasteiger partial charge in [-0.1, -0.05) is 0 Å². The van der Waals surface area contributed by atoms with E-state index in [1.54, 1.807) is 0 Å². The molecule has 0 aromatic carbocycles. The highest BCUT2D eigenvalue weighted by molar-refractivity contribution is 5.80. The molecule has 3 N–H and O–H groups in total. The Morgan fingerprint density at radius 1 is 1.50 bits per heavy atom. The molecule has 0 bridgehead atoms. The third-order valence-electron chi connectivity index (χ3n) is 2.40. The number of carbonyl (C=O) groups is 2. The van der Waals surface area contributed by atoms with E-state index in [-0.39, 0.29) is 24.8 Å². The molecule has 1 rings (SSSR count). The molecular formula is C10H15N3O3. The summed E-state index contributed by atoms with van der Waals surface area (Å²) in [6.45, 7) is 0.289. The molecule has 0 aliphatic heterocycles. The zero-order valence-corrected chi connectivity index (χ0v) is 8.90. The molecule has 0 aromatic rings. The molecule has 1 aliphatic rings. The van der Waals surface area contributed by atoms with Gasteiger partial charge < -0.3 is 10.4 Å². The smallest absolute Gasteiger partial charge is 0.320 e. The van der Waals surface area contributed by atoms with Crippen molar-refractivity contribution in [2.45, 2.75) is 25.3 Å². The van der Waals surface area contributed by atoms with Crippen LogP contribution in [-0.4, -0.2) is 36.1 Å². The maximum atomic E-state index is 11.2. The zero-order valence-electron chi connectivity index (χ0n) is 8.90. The minimum Gasteiger partial charge on any atom is -0.480 e. The fourth-order valence-corrected chi connectivity index (χ4v) is 1.41. The number of nitriles is 1. The molecule has 6 nitrogen and oxygen atoms in total. The Kier molecular flexibility index (Phi) is 4.73. The number of amides is 1. The molecule has 6 heteroatoms. The third kappa shape index (κ3) is 4.28. The van der Waals surface area contributed by atoms with Crippen LogP contribution in [0, 0.1) is 17.2 Å². The minimum atomic E-state index is -0.910. The van der Waals surface area contributed by atoms with Gasteiger partial charge in [-0.3, -0.25) is 14.9 Å². The first-order valence-electron chi connectivity index (χ1n) is 5.25. The van der Waals surface area contributed by atoms with Gasteiger partial charge in [-0.05, 0) is 18.8 Å². The van der Waals surface area contributed by atoms with E-state index in [1.165, 1.54) is 0 Å². The Labute approximate surface area is 93.6 Å². The molecule has 0 radical (unpaired) electrons. The standard InChI is InChI=1S/C10H15N3O3/c11-4-1-5-12-8(14)6-13-9(10(15)16)7-2-3-7/h7,9,13H,1-3,5-6H2,(H,12,14)(H,15,16). The lowest BCUT2D eigenvalue weighted by Gasteiger charge is -2.12. The first-order chi connectivity index (χ1) is 7.65. The normalized spacial score (nSPS) is 16.2. The van der Waals surface area contributed by atoms with Gasteiger partial charge in [-0.15, -0.1) is 0 Å². The van der Waals surface area contributed by atoms with E-state index in [4.69, 9.17) is 10.4 Å². The summed E-state index contributed by atoms with van der Waals surface area (Å²) >= 11 is 0. The van der Waals surface area contributed by atoms with Crippen LogP contribution in [0.15, 0.2) is 0 Å². The topological polar surface area (TPSA) is 102 Å². The Morgan fingerprint density at radius 3 is 2.69 bits per heavy atom. The van der Waals surface area contributed by atoms with Gasteiger partial charge in [0.05, 0.1) is 19.0 Å². The number of carboxylic acids is 1. The summed E-state index contributed by atoms with van der Waals surface area (Å²) in [5.74, 6) is -1.03. The number of hydrogen-bond acceptors (Lipinski definition) is 4. The number of carboxylic acid groups (broad SMARTS) is 1. The van der Waals surface area contributed by atoms with Crippen molar-refractivity contribution in [2.75, 3.05) is 13.1 Å². The van der Waals surface area contributed by atoms with Crippen LogP contribution in [-0.2, 0) is 9.59 Å². The van der Waals surface area contributed by atoms with Crippen LogP contribution >= 0.6 is 0 Å². The summed E-state index contributed by atoms with van der Waals surface area (Å²) in [5, 5.41) is 22.4. The summed E-state index contributed by atoms with van der Waals surface area (Å²) in [6, 6.07) is 1.28. The molecule has 0 aromatic heterocycles. The quantitative estimate of drug-likeness (QED) is 0.505. The number of hydrogen-bond donors (Lipinski definition) is 3. The zero-order chi connectivity index (χ0) is 12.0. The van der Waals surface area contributed by atoms with Crippen molar-refractivity contribution in [3.63, 3.8) is 0 Å². The summed E-state index contributed by atoms with van der Waals surface area (Å²) in [5.41, 5.74) is 0. The van der Waals surface area contributed by atoms with Gasteiger partial charge in [-0.2, -0.15) is 5.26 Å². The number of nitrogens with one attached hydrogen (secondary N) is 2. The molecule has 0 heterocycles. The largest absolute Gasteiger partial charge is 0.480 e. The van der Waals surface area contributed by atoms with Crippen LogP contribution in [0.5, 0.6) is 0 Å². The highest BCUT2D eigenvalue weighted by Crippen LogP contribution is 2.32. The molecule has 1 aliphatic carbocycles. The SMILES string of the molecule is N#CCCNC(=O)CNC(C(=O)O)C1CC1. The van der Waals surface area contributed by atoms with Crippen molar-refractivity contribution in [3.05, 3.63) is 0 Å². The van der Waals surface area contributed by atoms with E-state index in [2.05, 4.69) is 10.6 Å². The Morgan fingerprint density at radius 2 is 2.19 bits per heavy atom. The van der Waals surface area contributed by atoms with Gasteiger partial charge in [0.25, 0.3) is 0 Å². The average Bonchev–Trinajstić information content (AvgIpc) is 3.02. The van der Waals surface area contributed by atoms with Crippen molar-refractivity contribution in [3.8, 4) is 6.07 Å². The first-order valence-corrected chi connectivity index (χ1v) is 5.25. The van der Waals surface area contributed by atoms with Crippen LogP contribution in [0.3, 0.4) is 0 Å². The molecule has 1 atom stereocenters. The van der Waals surface area contributed by atoms with Gasteiger partial charge in [0.15, 0.2) is 0 Å². The van der Waals surface area contributed by atoms with Crippen molar-refractivity contribution >= 4 is 11.9 Å². The maximum Gasteiger partial charge on any atom is 0.320 e. The number of carbonyl (C=O) groups excluding carboxylic acids is 1. The van der Waals surface area contributed by atoms with Crippen molar-refractivity contribution in [1.82, 2.24) is 10.6 Å². The average molecular weight is 225 g/mol. The predicted octanol–water partition coefficient (Wildman–Crippen LogP) is -0.531. The van der Waals surface area contributed by atoms with Crippen molar-refractivity contribution in [2.24, 2.45) is 5.92 Å². The Balaban J connectivity index is 2.19. The van der Waals surface area contributed by atoms with E-state index in [0.29, 0.717) is 6.54 Å². The predicted molar refractivity (Wildman–Crippen MR) is 55.4 cm³/mol.